The number of rotatable bonds is 13. The van der Waals surface area contributed by atoms with Gasteiger partial charge in [-0.3, -0.25) is 14.4 Å². The van der Waals surface area contributed by atoms with Crippen LogP contribution >= 0.6 is 0 Å². The number of aliphatic hydroxyl groups is 1. The number of nitrogens with one attached hydrogen (secondary N) is 3. The standard InChI is InChI=1S/C50H55N7O10/c1-6-35-36-24-34(17-18-40(36)54-43-37(35)26-57-42(43)25-39-38(46(57)60)28-65-47(61)50(39,64)7-2)67-49(63)56-21-19-55(20-22-56)48(62)66-27-32-13-15-33(16-14-32)53-44(58)30(5)52-45(59)41(51-29(3)4)23-31-11-9-8-10-12-31/h8-18,24-25,29-30,41,51,64H,6-7,19-23,26-28H2,1-5H3,(H,52,59)(H,53,58)/t30-,41?,50-/m0/s1. The number of piperazine rings is 1. The van der Waals surface area contributed by atoms with E-state index in [4.69, 9.17) is 19.2 Å². The van der Waals surface area contributed by atoms with Gasteiger partial charge >= 0.3 is 18.2 Å². The van der Waals surface area contributed by atoms with Crippen molar-refractivity contribution in [2.24, 2.45) is 0 Å². The minimum absolute atomic E-state index is 0.00368. The summed E-state index contributed by atoms with van der Waals surface area (Å²) in [6.45, 7) is 10.2. The van der Waals surface area contributed by atoms with E-state index in [1.165, 1.54) is 9.80 Å². The van der Waals surface area contributed by atoms with Crippen LogP contribution in [0.3, 0.4) is 0 Å². The zero-order chi connectivity index (χ0) is 47.6. The number of fused-ring (bicyclic) bond motifs is 5. The minimum Gasteiger partial charge on any atom is -0.458 e. The van der Waals surface area contributed by atoms with Crippen molar-refractivity contribution in [3.8, 4) is 17.1 Å². The van der Waals surface area contributed by atoms with Gasteiger partial charge in [0.05, 0.1) is 35.1 Å². The Morgan fingerprint density at radius 3 is 2.22 bits per heavy atom. The van der Waals surface area contributed by atoms with Crippen LogP contribution in [0.25, 0.3) is 22.3 Å². The molecule has 3 aliphatic rings. The van der Waals surface area contributed by atoms with E-state index in [9.17, 15) is 33.9 Å². The fourth-order valence-corrected chi connectivity index (χ4v) is 8.88. The summed E-state index contributed by atoms with van der Waals surface area (Å²) in [6.07, 6.45) is 0.0314. The molecular weight excluding hydrogens is 859 g/mol. The van der Waals surface area contributed by atoms with E-state index in [2.05, 4.69) is 16.0 Å². The Bertz CT molecular complexity index is 2790. The molecule has 0 aliphatic carbocycles. The highest BCUT2D eigenvalue weighted by Gasteiger charge is 2.45. The maximum absolute atomic E-state index is 13.7. The molecule has 0 radical (unpaired) electrons. The zero-order valence-electron chi connectivity index (χ0n) is 38.2. The van der Waals surface area contributed by atoms with Gasteiger partial charge in [-0.2, -0.15) is 0 Å². The van der Waals surface area contributed by atoms with Crippen LogP contribution in [0.5, 0.6) is 5.75 Å². The van der Waals surface area contributed by atoms with Gasteiger partial charge in [-0.05, 0) is 79.3 Å². The van der Waals surface area contributed by atoms with Crippen LogP contribution in [0.2, 0.25) is 0 Å². The lowest BCUT2D eigenvalue weighted by molar-refractivity contribution is -0.172. The van der Waals surface area contributed by atoms with Crippen LogP contribution in [-0.2, 0) is 62.1 Å². The second-order valence-corrected chi connectivity index (χ2v) is 17.4. The Morgan fingerprint density at radius 2 is 1.55 bits per heavy atom. The molecule has 3 aromatic carbocycles. The Hall–Kier alpha value is -7.11. The molecule has 0 saturated carbocycles. The molecule has 17 nitrogen and oxygen atoms in total. The van der Waals surface area contributed by atoms with Crippen molar-refractivity contribution in [2.75, 3.05) is 31.5 Å². The molecule has 1 saturated heterocycles. The van der Waals surface area contributed by atoms with Crippen molar-refractivity contribution in [1.29, 1.82) is 0 Å². The first-order chi connectivity index (χ1) is 32.2. The zero-order valence-corrected chi connectivity index (χ0v) is 38.2. The number of amides is 4. The first-order valence-corrected chi connectivity index (χ1v) is 22.7. The Morgan fingerprint density at radius 1 is 0.851 bits per heavy atom. The van der Waals surface area contributed by atoms with Gasteiger partial charge in [0.25, 0.3) is 5.56 Å². The van der Waals surface area contributed by atoms with E-state index in [-0.39, 0.29) is 86.9 Å². The highest BCUT2D eigenvalue weighted by atomic mass is 16.6. The minimum atomic E-state index is -1.92. The van der Waals surface area contributed by atoms with Crippen LogP contribution in [0.15, 0.2) is 83.7 Å². The lowest BCUT2D eigenvalue weighted by Gasteiger charge is -2.33. The third-order valence-corrected chi connectivity index (χ3v) is 12.6. The fourth-order valence-electron chi connectivity index (χ4n) is 8.88. The summed E-state index contributed by atoms with van der Waals surface area (Å²) in [7, 11) is 0. The fraction of sp³-hybridized carbons (Fsp3) is 0.380. The van der Waals surface area contributed by atoms with E-state index in [0.29, 0.717) is 46.7 Å². The van der Waals surface area contributed by atoms with Gasteiger partial charge in [-0.15, -0.1) is 0 Å². The maximum Gasteiger partial charge on any atom is 0.415 e. The highest BCUT2D eigenvalue weighted by Crippen LogP contribution is 2.41. The predicted molar refractivity (Wildman–Crippen MR) is 248 cm³/mol. The molecule has 0 spiro atoms. The molecule has 2 aromatic heterocycles. The molecule has 4 N–H and O–H groups in total. The lowest BCUT2D eigenvalue weighted by Crippen LogP contribution is -2.52. The van der Waals surface area contributed by atoms with E-state index in [0.717, 1.165) is 22.1 Å². The smallest absolute Gasteiger partial charge is 0.415 e. The Labute approximate surface area is 387 Å². The molecule has 3 atom stereocenters. The molecule has 5 heterocycles. The predicted octanol–water partition coefficient (Wildman–Crippen LogP) is 5.15. The number of cyclic esters (lactones) is 1. The number of pyridine rings is 2. The van der Waals surface area contributed by atoms with Crippen LogP contribution in [-0.4, -0.2) is 98.7 Å². The van der Waals surface area contributed by atoms with Crippen LogP contribution in [0.4, 0.5) is 15.3 Å². The van der Waals surface area contributed by atoms with E-state index in [1.54, 1.807) is 66.9 Å². The summed E-state index contributed by atoms with van der Waals surface area (Å²) in [6, 6.07) is 22.2. The van der Waals surface area contributed by atoms with Gasteiger partial charge < -0.3 is 49.6 Å². The topological polar surface area (TPSA) is 211 Å². The summed E-state index contributed by atoms with van der Waals surface area (Å²) in [5.74, 6) is -1.11. The van der Waals surface area contributed by atoms with Gasteiger partial charge in [0, 0.05) is 54.4 Å². The van der Waals surface area contributed by atoms with Gasteiger partial charge in [-0.25, -0.2) is 19.4 Å². The first-order valence-electron chi connectivity index (χ1n) is 22.7. The summed E-state index contributed by atoms with van der Waals surface area (Å²) < 4.78 is 18.2. The molecule has 350 valence electrons. The van der Waals surface area contributed by atoms with E-state index in [1.807, 2.05) is 51.1 Å². The molecular formula is C50H55N7O10. The van der Waals surface area contributed by atoms with Crippen LogP contribution in [0.1, 0.15) is 74.4 Å². The third-order valence-electron chi connectivity index (χ3n) is 12.6. The van der Waals surface area contributed by atoms with Gasteiger partial charge in [0.1, 0.15) is 25.0 Å². The number of aromatic nitrogens is 2. The molecule has 8 rings (SSSR count). The number of anilines is 1. The normalized spacial score (nSPS) is 17.2. The quantitative estimate of drug-likeness (QED) is 0.111. The number of hydrogen-bond donors (Lipinski definition) is 4. The van der Waals surface area contributed by atoms with Crippen molar-refractivity contribution in [2.45, 2.75) is 97.4 Å². The lowest BCUT2D eigenvalue weighted by atomic mass is 9.86. The average Bonchev–Trinajstić information content (AvgIpc) is 3.70. The summed E-state index contributed by atoms with van der Waals surface area (Å²) in [5, 5.41) is 20.9. The number of hydrogen-bond acceptors (Lipinski definition) is 12. The van der Waals surface area contributed by atoms with Crippen LogP contribution < -0.4 is 26.2 Å². The van der Waals surface area contributed by atoms with Gasteiger partial charge in [0.2, 0.25) is 11.8 Å². The molecule has 1 unspecified atom stereocenters. The largest absolute Gasteiger partial charge is 0.458 e. The molecule has 0 bridgehead atoms. The molecule has 3 aliphatic heterocycles. The van der Waals surface area contributed by atoms with Crippen molar-refractivity contribution in [3.05, 3.63) is 123 Å². The third kappa shape index (κ3) is 9.60. The van der Waals surface area contributed by atoms with Gasteiger partial charge in [-0.1, -0.05) is 70.2 Å². The SMILES string of the molecule is CCc1c2c(nc3ccc(OC(=O)N4CCN(C(=O)OCc5ccc(NC(=O)[C@H](C)NC(=O)C(Cc6ccccc6)NC(C)C)cc5)CC4)cc13)-c1cc3c(c(=O)n1C2)COC(=O)[C@]3(O)CC. The van der Waals surface area contributed by atoms with Crippen LogP contribution in [0, 0.1) is 0 Å². The first kappa shape index (κ1) is 46.4. The molecule has 5 aromatic rings. The number of nitrogens with zero attached hydrogens (tertiary/aromatic N) is 4. The Balaban J connectivity index is 0.818. The number of carbonyl (C=O) groups excluding carboxylic acids is 5. The Kier molecular flexibility index (Phi) is 13.4. The highest BCUT2D eigenvalue weighted by molar-refractivity contribution is 5.97. The van der Waals surface area contributed by atoms with Gasteiger partial charge in [0.15, 0.2) is 5.60 Å². The van der Waals surface area contributed by atoms with Crippen molar-refractivity contribution >= 4 is 46.6 Å². The van der Waals surface area contributed by atoms with Crippen molar-refractivity contribution < 1.29 is 43.3 Å². The number of aryl methyl sites for hydroxylation is 1. The van der Waals surface area contributed by atoms with E-state index < -0.39 is 35.8 Å². The number of ether oxygens (including phenoxy) is 3. The number of esters is 1. The van der Waals surface area contributed by atoms with Crippen molar-refractivity contribution in [1.82, 2.24) is 30.0 Å². The molecule has 67 heavy (non-hydrogen) atoms. The molecule has 1 fully saturated rings. The summed E-state index contributed by atoms with van der Waals surface area (Å²) in [5.41, 5.74) is 3.98. The maximum atomic E-state index is 13.7. The average molecular weight is 914 g/mol. The second-order valence-electron chi connectivity index (χ2n) is 17.4. The van der Waals surface area contributed by atoms with E-state index >= 15 is 0 Å². The second kappa shape index (κ2) is 19.4. The number of carbonyl (C=O) groups is 5. The monoisotopic (exact) mass is 913 g/mol. The summed E-state index contributed by atoms with van der Waals surface area (Å²) >= 11 is 0. The molecule has 4 amide bonds. The summed E-state index contributed by atoms with van der Waals surface area (Å²) in [4.78, 5) is 86.8. The number of benzene rings is 3. The molecule has 17 heteroatoms. The van der Waals surface area contributed by atoms with Crippen molar-refractivity contribution in [3.63, 3.8) is 0 Å².